The van der Waals surface area contributed by atoms with E-state index in [4.69, 9.17) is 5.14 Å². The summed E-state index contributed by atoms with van der Waals surface area (Å²) in [6.45, 7) is 0. The lowest BCUT2D eigenvalue weighted by Crippen LogP contribution is -2.21. The summed E-state index contributed by atoms with van der Waals surface area (Å²) in [6.07, 6.45) is 1.38. The summed E-state index contributed by atoms with van der Waals surface area (Å²) in [7, 11) is -3.63. The molecule has 0 saturated carbocycles. The second-order valence-electron chi connectivity index (χ2n) is 3.69. The van der Waals surface area contributed by atoms with E-state index in [0.717, 1.165) is 5.69 Å². The van der Waals surface area contributed by atoms with E-state index in [-0.39, 0.29) is 0 Å². The van der Waals surface area contributed by atoms with Crippen LogP contribution in [0.1, 0.15) is 0 Å². The zero-order valence-electron chi connectivity index (χ0n) is 10.9. The average molecular weight is 306 g/mol. The van der Waals surface area contributed by atoms with Gasteiger partial charge in [0, 0.05) is 5.69 Å². The van der Waals surface area contributed by atoms with Crippen LogP contribution in [0.25, 0.3) is 0 Å². The summed E-state index contributed by atoms with van der Waals surface area (Å²) in [5.74, 6) is 0. The van der Waals surface area contributed by atoms with Crippen molar-refractivity contribution < 1.29 is 13.2 Å². The van der Waals surface area contributed by atoms with Crippen LogP contribution >= 0.6 is 0 Å². The van der Waals surface area contributed by atoms with Crippen molar-refractivity contribution in [2.24, 2.45) is 10.2 Å². The molecule has 7 nitrogen and oxygen atoms in total. The molecule has 8 heteroatoms. The molecule has 0 aromatic heterocycles. The molecule has 110 valence electrons. The van der Waals surface area contributed by atoms with Gasteiger partial charge >= 0.3 is 0 Å². The third-order valence-electron chi connectivity index (χ3n) is 2.04. The van der Waals surface area contributed by atoms with Crippen LogP contribution in [0.4, 0.5) is 11.4 Å². The van der Waals surface area contributed by atoms with Crippen LogP contribution in [0.2, 0.25) is 0 Å². The largest absolute Gasteiger partial charge is 0.296 e. The van der Waals surface area contributed by atoms with Crippen molar-refractivity contribution in [3.05, 3.63) is 60.7 Å². The van der Waals surface area contributed by atoms with Gasteiger partial charge in [0.2, 0.25) is 0 Å². The summed E-state index contributed by atoms with van der Waals surface area (Å²) >= 11 is 0. The van der Waals surface area contributed by atoms with Crippen LogP contribution in [0.3, 0.4) is 0 Å². The minimum atomic E-state index is -3.63. The fraction of sp³-hybridized carbons (Fsp3) is 0. The number of hydrogen-bond acceptors (Lipinski definition) is 5. The van der Waals surface area contributed by atoms with Crippen LogP contribution in [0, 0.1) is 0 Å². The lowest BCUT2D eigenvalue weighted by molar-refractivity contribution is 0.564. The number of isocyanates is 1. The Hall–Kier alpha value is -2.67. The van der Waals surface area contributed by atoms with E-state index >= 15 is 0 Å². The Morgan fingerprint density at radius 1 is 0.905 bits per heavy atom. The minimum absolute atomic E-state index is 0.468. The SMILES string of the molecule is NS(=O)(=O)Nc1ccccc1.O=C=NNc1ccccc1. The van der Waals surface area contributed by atoms with Gasteiger partial charge in [0.25, 0.3) is 16.3 Å². The van der Waals surface area contributed by atoms with Crippen molar-refractivity contribution >= 4 is 27.7 Å². The molecule has 0 radical (unpaired) electrons. The first-order chi connectivity index (χ1) is 10.0. The van der Waals surface area contributed by atoms with Crippen LogP contribution in [-0.4, -0.2) is 14.5 Å². The number of para-hydroxylation sites is 2. The van der Waals surface area contributed by atoms with Gasteiger partial charge in [0.1, 0.15) is 0 Å². The molecule has 0 fully saturated rings. The Morgan fingerprint density at radius 2 is 1.38 bits per heavy atom. The zero-order chi connectivity index (χ0) is 15.6. The van der Waals surface area contributed by atoms with E-state index in [1.54, 1.807) is 42.5 Å². The third kappa shape index (κ3) is 8.17. The number of nitrogens with two attached hydrogens (primary N) is 1. The first-order valence-electron chi connectivity index (χ1n) is 5.75. The summed E-state index contributed by atoms with van der Waals surface area (Å²) < 4.78 is 23.1. The number of carbonyl (C=O) groups excluding carboxylic acids is 1. The van der Waals surface area contributed by atoms with Gasteiger partial charge in [-0.3, -0.25) is 10.1 Å². The number of anilines is 2. The van der Waals surface area contributed by atoms with Crippen molar-refractivity contribution in [3.8, 4) is 0 Å². The highest BCUT2D eigenvalue weighted by Gasteiger charge is 1.98. The highest BCUT2D eigenvalue weighted by molar-refractivity contribution is 7.90. The van der Waals surface area contributed by atoms with Crippen LogP contribution in [-0.2, 0) is 15.0 Å². The highest BCUT2D eigenvalue weighted by atomic mass is 32.2. The monoisotopic (exact) mass is 306 g/mol. The number of rotatable bonds is 4. The van der Waals surface area contributed by atoms with E-state index in [9.17, 15) is 13.2 Å². The number of hydrazone groups is 1. The third-order valence-corrected chi connectivity index (χ3v) is 2.56. The summed E-state index contributed by atoms with van der Waals surface area (Å²) in [4.78, 5) is 9.62. The van der Waals surface area contributed by atoms with Crippen LogP contribution < -0.4 is 15.3 Å². The lowest BCUT2D eigenvalue weighted by atomic mass is 10.3. The molecule has 0 bridgehead atoms. The van der Waals surface area contributed by atoms with Crippen LogP contribution in [0.15, 0.2) is 65.8 Å². The van der Waals surface area contributed by atoms with Crippen molar-refractivity contribution in [3.63, 3.8) is 0 Å². The minimum Gasteiger partial charge on any atom is -0.271 e. The Morgan fingerprint density at radius 3 is 1.81 bits per heavy atom. The fourth-order valence-corrected chi connectivity index (χ4v) is 1.74. The number of nitrogens with zero attached hydrogens (tertiary/aromatic N) is 1. The molecule has 0 saturated heterocycles. The second-order valence-corrected chi connectivity index (χ2v) is 4.99. The van der Waals surface area contributed by atoms with Gasteiger partial charge in [-0.1, -0.05) is 41.5 Å². The highest BCUT2D eigenvalue weighted by Crippen LogP contribution is 2.05. The normalized spacial score (nSPS) is 9.57. The second kappa shape index (κ2) is 8.49. The molecule has 0 aliphatic heterocycles. The Labute approximate surface area is 122 Å². The van der Waals surface area contributed by atoms with E-state index in [1.165, 1.54) is 6.08 Å². The predicted molar refractivity (Wildman–Crippen MR) is 81.4 cm³/mol. The number of hydrogen-bond donors (Lipinski definition) is 3. The van der Waals surface area contributed by atoms with E-state index in [0.29, 0.717) is 5.69 Å². The molecule has 0 aliphatic rings. The first-order valence-corrected chi connectivity index (χ1v) is 7.29. The Balaban J connectivity index is 0.000000211. The van der Waals surface area contributed by atoms with Gasteiger partial charge in [0.15, 0.2) is 0 Å². The molecule has 0 amide bonds. The van der Waals surface area contributed by atoms with Crippen molar-refractivity contribution in [2.45, 2.75) is 0 Å². The topological polar surface area (TPSA) is 114 Å². The van der Waals surface area contributed by atoms with E-state index in [1.807, 2.05) is 18.2 Å². The number of benzene rings is 2. The molecule has 0 unspecified atom stereocenters. The quantitative estimate of drug-likeness (QED) is 0.452. The number of nitrogens with one attached hydrogen (secondary N) is 2. The maximum Gasteiger partial charge on any atom is 0.296 e. The van der Waals surface area contributed by atoms with Crippen molar-refractivity contribution in [1.82, 2.24) is 0 Å². The predicted octanol–water partition coefficient (Wildman–Crippen LogP) is 1.65. The first kappa shape index (κ1) is 16.4. The summed E-state index contributed by atoms with van der Waals surface area (Å²) in [5.41, 5.74) is 3.75. The van der Waals surface area contributed by atoms with Gasteiger partial charge in [-0.25, -0.2) is 9.93 Å². The molecule has 0 spiro atoms. The van der Waals surface area contributed by atoms with Crippen molar-refractivity contribution in [2.75, 3.05) is 10.1 Å². The van der Waals surface area contributed by atoms with Gasteiger partial charge < -0.3 is 0 Å². The van der Waals surface area contributed by atoms with Gasteiger partial charge in [0.05, 0.1) is 5.69 Å². The standard InChI is InChI=1S/C7H6N2O.C6H8N2O2S/c10-6-8-9-7-4-2-1-3-5-7;7-11(9,10)8-6-4-2-1-3-5-6/h1-5,9H;1-5,8H,(H2,7,9,10). The molecule has 2 rings (SSSR count). The molecule has 2 aromatic carbocycles. The van der Waals surface area contributed by atoms with Crippen LogP contribution in [0.5, 0.6) is 0 Å². The molecule has 0 aliphatic carbocycles. The lowest BCUT2D eigenvalue weighted by Gasteiger charge is -2.00. The molecule has 0 heterocycles. The van der Waals surface area contributed by atoms with Crippen molar-refractivity contribution in [1.29, 1.82) is 0 Å². The Kier molecular flexibility index (Phi) is 6.62. The maximum absolute atomic E-state index is 10.5. The molecule has 2 aromatic rings. The Bertz CT molecular complexity index is 684. The molecule has 4 N–H and O–H groups in total. The van der Waals surface area contributed by atoms with Gasteiger partial charge in [-0.15, -0.1) is 0 Å². The van der Waals surface area contributed by atoms with Gasteiger partial charge in [-0.05, 0) is 24.3 Å². The van der Waals surface area contributed by atoms with Gasteiger partial charge in [-0.2, -0.15) is 8.42 Å². The molecule has 21 heavy (non-hydrogen) atoms. The maximum atomic E-state index is 10.5. The average Bonchev–Trinajstić information content (AvgIpc) is 2.46. The summed E-state index contributed by atoms with van der Waals surface area (Å²) in [6, 6.07) is 17.6. The molecular weight excluding hydrogens is 292 g/mol. The molecular formula is C13H14N4O3S. The molecule has 0 atom stereocenters. The fourth-order valence-electron chi connectivity index (χ4n) is 1.27. The smallest absolute Gasteiger partial charge is 0.271 e. The van der Waals surface area contributed by atoms with E-state index < -0.39 is 10.2 Å². The summed E-state index contributed by atoms with van der Waals surface area (Å²) in [5, 5.41) is 7.92. The zero-order valence-corrected chi connectivity index (χ0v) is 11.7. The van der Waals surface area contributed by atoms with E-state index in [2.05, 4.69) is 15.2 Å².